The van der Waals surface area contributed by atoms with Crippen molar-refractivity contribution < 1.29 is 22.8 Å². The molecule has 2 amide bonds. The Kier molecular flexibility index (Phi) is 5.54. The molecule has 3 rings (SSSR count). The molecule has 10 heteroatoms. The van der Waals surface area contributed by atoms with Gasteiger partial charge in [0, 0.05) is 25.7 Å². The van der Waals surface area contributed by atoms with Gasteiger partial charge in [-0.2, -0.15) is 13.2 Å². The zero-order valence-electron chi connectivity index (χ0n) is 14.4. The fourth-order valence-electron chi connectivity index (χ4n) is 3.11. The van der Waals surface area contributed by atoms with Gasteiger partial charge in [-0.05, 0) is 23.8 Å². The summed E-state index contributed by atoms with van der Waals surface area (Å²) in [6, 6.07) is 5.83. The van der Waals surface area contributed by atoms with Gasteiger partial charge in [-0.25, -0.2) is 4.98 Å². The molecule has 2 heterocycles. The number of amides is 2. The van der Waals surface area contributed by atoms with Gasteiger partial charge in [-0.1, -0.05) is 35.3 Å². The fraction of sp³-hybridized carbons (Fsp3) is 0.278. The number of hydrogen-bond donors (Lipinski definition) is 1. The number of carbonyl (C=O) groups is 2. The van der Waals surface area contributed by atoms with E-state index in [1.54, 1.807) is 0 Å². The van der Waals surface area contributed by atoms with E-state index in [2.05, 4.69) is 10.3 Å². The Hall–Kier alpha value is -2.32. The lowest BCUT2D eigenvalue weighted by molar-refractivity contribution is -0.138. The van der Waals surface area contributed by atoms with Crippen LogP contribution < -0.4 is 5.32 Å². The molecule has 0 saturated carbocycles. The second-order valence-corrected chi connectivity index (χ2v) is 7.24. The van der Waals surface area contributed by atoms with E-state index in [1.807, 2.05) is 0 Å². The first-order chi connectivity index (χ1) is 13.1. The maximum atomic E-state index is 12.8. The lowest BCUT2D eigenvalue weighted by atomic mass is 9.87. The second-order valence-electron chi connectivity index (χ2n) is 6.40. The molecule has 1 N–H and O–H groups in total. The van der Waals surface area contributed by atoms with Crippen LogP contribution in [0.5, 0.6) is 0 Å². The largest absolute Gasteiger partial charge is 0.416 e. The topological polar surface area (TPSA) is 62.3 Å². The number of pyridine rings is 1. The molecule has 1 aromatic heterocycles. The first-order valence-electron chi connectivity index (χ1n) is 8.12. The van der Waals surface area contributed by atoms with Gasteiger partial charge in [0.1, 0.15) is 5.92 Å². The van der Waals surface area contributed by atoms with Gasteiger partial charge in [-0.15, -0.1) is 0 Å². The van der Waals surface area contributed by atoms with Crippen molar-refractivity contribution in [3.8, 4) is 0 Å². The van der Waals surface area contributed by atoms with Crippen molar-refractivity contribution in [2.24, 2.45) is 5.92 Å². The van der Waals surface area contributed by atoms with Crippen molar-refractivity contribution in [3.05, 3.63) is 57.7 Å². The normalized spacial score (nSPS) is 19.8. The number of nitrogens with zero attached hydrogens (tertiary/aromatic N) is 2. The Morgan fingerprint density at radius 3 is 2.46 bits per heavy atom. The smallest absolute Gasteiger partial charge is 0.344 e. The highest BCUT2D eigenvalue weighted by Crippen LogP contribution is 2.36. The van der Waals surface area contributed by atoms with Gasteiger partial charge in [0.15, 0.2) is 5.82 Å². The first-order valence-corrected chi connectivity index (χ1v) is 8.87. The Balaban J connectivity index is 1.87. The molecule has 0 radical (unpaired) electrons. The molecule has 1 aromatic carbocycles. The van der Waals surface area contributed by atoms with Crippen LogP contribution in [-0.2, 0) is 15.8 Å². The van der Waals surface area contributed by atoms with Crippen LogP contribution in [0.4, 0.5) is 19.0 Å². The number of hydrogen-bond acceptors (Lipinski definition) is 3. The molecule has 1 aliphatic heterocycles. The van der Waals surface area contributed by atoms with Crippen LogP contribution in [0.3, 0.4) is 0 Å². The number of likely N-dealkylation sites (tertiary alicyclic amines) is 1. The fourth-order valence-corrected chi connectivity index (χ4v) is 3.54. The van der Waals surface area contributed by atoms with E-state index in [-0.39, 0.29) is 22.4 Å². The van der Waals surface area contributed by atoms with Crippen molar-refractivity contribution >= 4 is 40.8 Å². The number of rotatable bonds is 3. The third-order valence-corrected chi connectivity index (χ3v) is 5.01. The number of aromatic nitrogens is 1. The number of likely N-dealkylation sites (N-methyl/N-ethyl adjacent to an activating group) is 1. The van der Waals surface area contributed by atoms with Crippen LogP contribution in [-0.4, -0.2) is 35.3 Å². The number of benzene rings is 1. The summed E-state index contributed by atoms with van der Waals surface area (Å²) in [5.74, 6) is -2.76. The molecule has 0 spiro atoms. The van der Waals surface area contributed by atoms with Crippen LogP contribution >= 0.6 is 23.2 Å². The SMILES string of the molecule is CN1C[C@H](c2ccc(C(F)(F)F)cc2)[C@@H](C(=O)Nc2ncc(Cl)cc2Cl)C1=O. The third-order valence-electron chi connectivity index (χ3n) is 4.51. The predicted molar refractivity (Wildman–Crippen MR) is 98.2 cm³/mol. The molecule has 0 bridgehead atoms. The molecule has 2 aromatic rings. The molecule has 1 saturated heterocycles. The van der Waals surface area contributed by atoms with Crippen molar-refractivity contribution in [1.82, 2.24) is 9.88 Å². The molecule has 1 fully saturated rings. The molecular formula is C18H14Cl2F3N3O2. The van der Waals surface area contributed by atoms with E-state index in [4.69, 9.17) is 23.2 Å². The minimum absolute atomic E-state index is 0.0459. The summed E-state index contributed by atoms with van der Waals surface area (Å²) >= 11 is 11.8. The maximum Gasteiger partial charge on any atom is 0.416 e. The van der Waals surface area contributed by atoms with Crippen LogP contribution in [0.25, 0.3) is 0 Å². The number of alkyl halides is 3. The van der Waals surface area contributed by atoms with Gasteiger partial charge in [0.25, 0.3) is 0 Å². The monoisotopic (exact) mass is 431 g/mol. The van der Waals surface area contributed by atoms with Crippen LogP contribution in [0.15, 0.2) is 36.5 Å². The summed E-state index contributed by atoms with van der Waals surface area (Å²) in [4.78, 5) is 30.5. The molecule has 1 aliphatic rings. The highest BCUT2D eigenvalue weighted by Gasteiger charge is 2.44. The zero-order chi connectivity index (χ0) is 20.6. The van der Waals surface area contributed by atoms with Crippen molar-refractivity contribution in [1.29, 1.82) is 0 Å². The lowest BCUT2D eigenvalue weighted by Crippen LogP contribution is -2.33. The highest BCUT2D eigenvalue weighted by atomic mass is 35.5. The van der Waals surface area contributed by atoms with Gasteiger partial charge < -0.3 is 10.2 Å². The predicted octanol–water partition coefficient (Wildman–Crippen LogP) is 4.22. The van der Waals surface area contributed by atoms with E-state index in [9.17, 15) is 22.8 Å². The van der Waals surface area contributed by atoms with Crippen molar-refractivity contribution in [2.75, 3.05) is 18.9 Å². The standard InChI is InChI=1S/C18H14Cl2F3N3O2/c1-26-8-12(9-2-4-10(5-3-9)18(21,22)23)14(17(26)28)16(27)25-15-13(20)6-11(19)7-24-15/h2-7,12,14H,8H2,1H3,(H,24,25,27)/t12-,14+/m1/s1. The average molecular weight is 432 g/mol. The Morgan fingerprint density at radius 2 is 1.89 bits per heavy atom. The van der Waals surface area contributed by atoms with E-state index < -0.39 is 35.4 Å². The maximum absolute atomic E-state index is 12.8. The Morgan fingerprint density at radius 1 is 1.25 bits per heavy atom. The number of carbonyl (C=O) groups excluding carboxylic acids is 2. The summed E-state index contributed by atoms with van der Waals surface area (Å²) in [5, 5.41) is 2.88. The van der Waals surface area contributed by atoms with Gasteiger partial charge >= 0.3 is 6.18 Å². The summed E-state index contributed by atoms with van der Waals surface area (Å²) in [5.41, 5.74) is -0.340. The molecule has 2 atom stereocenters. The lowest BCUT2D eigenvalue weighted by Gasteiger charge is -2.18. The number of halogens is 5. The molecule has 0 aliphatic carbocycles. The van der Waals surface area contributed by atoms with Gasteiger partial charge in [0.05, 0.1) is 15.6 Å². The zero-order valence-corrected chi connectivity index (χ0v) is 15.9. The molecule has 0 unspecified atom stereocenters. The summed E-state index contributed by atoms with van der Waals surface area (Å²) in [6.07, 6.45) is -3.17. The van der Waals surface area contributed by atoms with Gasteiger partial charge in [-0.3, -0.25) is 9.59 Å². The van der Waals surface area contributed by atoms with E-state index in [0.29, 0.717) is 5.56 Å². The Labute approximate surface area is 168 Å². The van der Waals surface area contributed by atoms with E-state index in [1.165, 1.54) is 36.3 Å². The summed E-state index contributed by atoms with van der Waals surface area (Å²) in [7, 11) is 1.53. The minimum Gasteiger partial charge on any atom is -0.344 e. The molecule has 148 valence electrons. The summed E-state index contributed by atoms with van der Waals surface area (Å²) in [6.45, 7) is 0.198. The van der Waals surface area contributed by atoms with Crippen LogP contribution in [0, 0.1) is 5.92 Å². The van der Waals surface area contributed by atoms with E-state index >= 15 is 0 Å². The second kappa shape index (κ2) is 7.60. The molecular weight excluding hydrogens is 418 g/mol. The van der Waals surface area contributed by atoms with Crippen molar-refractivity contribution in [2.45, 2.75) is 12.1 Å². The van der Waals surface area contributed by atoms with Crippen LogP contribution in [0.2, 0.25) is 10.0 Å². The van der Waals surface area contributed by atoms with Crippen molar-refractivity contribution in [3.63, 3.8) is 0 Å². The average Bonchev–Trinajstić information content (AvgIpc) is 2.92. The minimum atomic E-state index is -4.46. The number of anilines is 1. The highest BCUT2D eigenvalue weighted by molar-refractivity contribution is 6.36. The first kappa shape index (κ1) is 20.4. The number of nitrogens with one attached hydrogen (secondary N) is 1. The van der Waals surface area contributed by atoms with Crippen LogP contribution in [0.1, 0.15) is 17.0 Å². The Bertz CT molecular complexity index is 919. The third kappa shape index (κ3) is 4.07. The summed E-state index contributed by atoms with van der Waals surface area (Å²) < 4.78 is 38.3. The molecule has 5 nitrogen and oxygen atoms in total. The molecule has 28 heavy (non-hydrogen) atoms. The van der Waals surface area contributed by atoms with Gasteiger partial charge in [0.2, 0.25) is 11.8 Å². The van der Waals surface area contributed by atoms with E-state index in [0.717, 1.165) is 12.1 Å². The quantitative estimate of drug-likeness (QED) is 0.740.